The smallest absolute Gasteiger partial charge is 0.163 e. The van der Waals surface area contributed by atoms with Crippen molar-refractivity contribution in [2.24, 2.45) is 80.8 Å². The second-order valence-corrected chi connectivity index (χ2v) is 30.0. The molecule has 2 aromatic rings. The fourth-order valence-corrected chi connectivity index (χ4v) is 23.4. The van der Waals surface area contributed by atoms with E-state index in [2.05, 4.69) is 55.7 Å². The van der Waals surface area contributed by atoms with Gasteiger partial charge in [0.1, 0.15) is 17.6 Å². The molecule has 2 saturated heterocycles. The third-order valence-electron chi connectivity index (χ3n) is 26.4. The van der Waals surface area contributed by atoms with E-state index in [0.29, 0.717) is 61.2 Å². The maximum atomic E-state index is 16.6. The van der Waals surface area contributed by atoms with Crippen molar-refractivity contribution < 1.29 is 34.8 Å². The van der Waals surface area contributed by atoms with Crippen LogP contribution in [0.4, 0.5) is 5.69 Å². The summed E-state index contributed by atoms with van der Waals surface area (Å²) >= 11 is 0. The van der Waals surface area contributed by atoms with Crippen LogP contribution in [0.3, 0.4) is 0 Å². The monoisotopic (exact) mass is 1080 g/mol. The highest BCUT2D eigenvalue weighted by atomic mass is 16.6. The first-order valence-corrected chi connectivity index (χ1v) is 32.5. The van der Waals surface area contributed by atoms with Crippen molar-refractivity contribution in [2.45, 2.75) is 230 Å². The van der Waals surface area contributed by atoms with E-state index in [9.17, 15) is 20.4 Å². The summed E-state index contributed by atoms with van der Waals surface area (Å²) in [5.74, 6) is 2.86. The highest BCUT2D eigenvalue weighted by Crippen LogP contribution is 2.83. The molecule has 9 aliphatic carbocycles. The van der Waals surface area contributed by atoms with Crippen molar-refractivity contribution in [3.05, 3.63) is 70.3 Å². The second kappa shape index (κ2) is 20.3. The molecule has 9 fully saturated rings. The number of aliphatic hydroxyl groups excluding tert-OH is 2. The van der Waals surface area contributed by atoms with E-state index < -0.39 is 28.1 Å². The average molecular weight is 1080 g/mol. The molecule has 1 spiro atoms. The third kappa shape index (κ3) is 8.46. The molecule has 10 heteroatoms. The molecule has 13 rings (SSSR count). The van der Waals surface area contributed by atoms with Gasteiger partial charge in [-0.3, -0.25) is 9.59 Å². The fourth-order valence-electron chi connectivity index (χ4n) is 23.4. The number of aliphatic hydroxyl groups is 3. The molecule has 432 valence electrons. The molecule has 2 aromatic carbocycles. The molecule has 0 amide bonds. The zero-order valence-corrected chi connectivity index (χ0v) is 48.9. The number of carbonyl (C=O) groups is 2. The third-order valence-corrected chi connectivity index (χ3v) is 26.4. The first-order chi connectivity index (χ1) is 37.9. The Morgan fingerprint density at radius 3 is 2.41 bits per heavy atom. The first-order valence-electron chi connectivity index (χ1n) is 32.5. The maximum Gasteiger partial charge on any atom is 0.163 e. The lowest BCUT2D eigenvalue weighted by Crippen LogP contribution is -2.76. The molecular weight excluding hydrogens is 983 g/mol. The number of ketones is 2. The number of carbonyl (C=O) groups excluding carboxylic acids is 2. The van der Waals surface area contributed by atoms with Crippen molar-refractivity contribution >= 4 is 17.3 Å². The van der Waals surface area contributed by atoms with Crippen LogP contribution in [0.5, 0.6) is 5.75 Å². The van der Waals surface area contributed by atoms with E-state index in [-0.39, 0.29) is 82.7 Å². The van der Waals surface area contributed by atoms with Gasteiger partial charge in [0.25, 0.3) is 0 Å². The Hall–Kier alpha value is -3.12. The van der Waals surface area contributed by atoms with Gasteiger partial charge < -0.3 is 41.5 Å². The number of Topliss-reactive ketones (excluding diaryl/α,β-unsaturated/α-hetero) is 2. The number of nitrogen functional groups attached to an aromatic ring is 1. The Morgan fingerprint density at radius 1 is 0.835 bits per heavy atom. The second-order valence-electron chi connectivity index (χ2n) is 30.0. The predicted octanol–water partition coefficient (Wildman–Crippen LogP) is 11.9. The number of anilines is 1. The molecule has 20 unspecified atom stereocenters. The van der Waals surface area contributed by atoms with E-state index in [1.54, 1.807) is 0 Å². The number of epoxide rings is 1. The number of allylic oxidation sites excluding steroid dienone is 2. The molecule has 8 N–H and O–H groups in total. The number of benzene rings is 2. The van der Waals surface area contributed by atoms with E-state index >= 15 is 9.59 Å². The van der Waals surface area contributed by atoms with Crippen molar-refractivity contribution in [1.29, 1.82) is 0 Å². The quantitative estimate of drug-likeness (QED) is 0.0895. The summed E-state index contributed by atoms with van der Waals surface area (Å²) in [7, 11) is 1.95. The first kappa shape index (κ1) is 55.1. The molecule has 10 nitrogen and oxygen atoms in total. The van der Waals surface area contributed by atoms with Gasteiger partial charge in [-0.25, -0.2) is 0 Å². The van der Waals surface area contributed by atoms with Gasteiger partial charge in [0.2, 0.25) is 0 Å². The lowest BCUT2D eigenvalue weighted by Gasteiger charge is -2.77. The van der Waals surface area contributed by atoms with Gasteiger partial charge in [-0.2, -0.15) is 0 Å². The highest BCUT2D eigenvalue weighted by Gasteiger charge is 2.79. The minimum Gasteiger partial charge on any atom is -0.508 e. The Morgan fingerprint density at radius 2 is 1.62 bits per heavy atom. The normalized spacial score (nSPS) is 46.3. The van der Waals surface area contributed by atoms with E-state index in [0.717, 1.165) is 144 Å². The summed E-state index contributed by atoms with van der Waals surface area (Å²) in [6, 6.07) is 14.4. The van der Waals surface area contributed by atoms with E-state index in [1.807, 2.05) is 32.2 Å². The highest BCUT2D eigenvalue weighted by molar-refractivity contribution is 6.03. The lowest BCUT2D eigenvalue weighted by molar-refractivity contribution is -0.262. The lowest BCUT2D eigenvalue weighted by atomic mass is 9.27. The van der Waals surface area contributed by atoms with E-state index in [4.69, 9.17) is 10.5 Å². The van der Waals surface area contributed by atoms with Crippen LogP contribution in [0.1, 0.15) is 210 Å². The van der Waals surface area contributed by atoms with Gasteiger partial charge in [-0.1, -0.05) is 76.1 Å². The summed E-state index contributed by atoms with van der Waals surface area (Å²) in [5, 5.41) is 55.4. The molecule has 79 heavy (non-hydrogen) atoms. The number of fused-ring (bicyclic) bond motifs is 2. The summed E-state index contributed by atoms with van der Waals surface area (Å²) in [4.78, 5) is 32.9. The number of aromatic hydroxyl groups is 1. The number of hydrogen-bond donors (Lipinski definition) is 7. The van der Waals surface area contributed by atoms with Crippen LogP contribution in [-0.2, 0) is 20.9 Å². The number of nitrogens with one attached hydrogen (secondary N) is 2. The van der Waals surface area contributed by atoms with Gasteiger partial charge in [-0.05, 0) is 253 Å². The minimum absolute atomic E-state index is 0.0250. The topological polar surface area (TPSA) is 178 Å². The number of phenolic OH excluding ortho intramolecular Hbond substituents is 1. The predicted molar refractivity (Wildman–Crippen MR) is 310 cm³/mol. The van der Waals surface area contributed by atoms with Gasteiger partial charge >= 0.3 is 0 Å². The summed E-state index contributed by atoms with van der Waals surface area (Å²) in [5.41, 5.74) is 10.0. The van der Waals surface area contributed by atoms with Gasteiger partial charge in [0.05, 0.1) is 17.3 Å². The maximum absolute atomic E-state index is 16.6. The number of β-amino-alcohol motifs (C(OH)–C–C–N with tert-alkyl or cyclic N) is 1. The molecular formula is C69H99N3O7. The van der Waals surface area contributed by atoms with Crippen molar-refractivity contribution in [2.75, 3.05) is 25.9 Å². The molecule has 11 aliphatic rings. The van der Waals surface area contributed by atoms with Crippen LogP contribution >= 0.6 is 0 Å². The zero-order chi connectivity index (χ0) is 55.0. The van der Waals surface area contributed by atoms with Crippen LogP contribution in [0.2, 0.25) is 0 Å². The average Bonchev–Trinajstić information content (AvgIpc) is 3.17. The molecule has 0 aromatic heterocycles. The fraction of sp³-hybridized carbons (Fsp3) is 0.768. The zero-order valence-electron chi connectivity index (χ0n) is 48.9. The minimum atomic E-state index is -0.887. The van der Waals surface area contributed by atoms with E-state index in [1.165, 1.54) is 30.4 Å². The van der Waals surface area contributed by atoms with Crippen LogP contribution in [0, 0.1) is 80.8 Å². The van der Waals surface area contributed by atoms with Crippen molar-refractivity contribution in [3.63, 3.8) is 0 Å². The Labute approximate surface area is 473 Å². The number of rotatable bonds is 10. The van der Waals surface area contributed by atoms with Gasteiger partial charge in [0, 0.05) is 54.1 Å². The molecule has 0 radical (unpaired) electrons. The van der Waals surface area contributed by atoms with Crippen LogP contribution in [-0.4, -0.2) is 81.6 Å². The molecule has 20 atom stereocenters. The SMILES string of the molecule is CNCc1cc(O)cc(C2CC3(C4CCCCC4)C4C(CC56C7CCC8CCC(CO)CC8C(CC(O)C8OC8(C)C8CCCC8c8cccc(N)c8)C8=C(CCC35)C6(C)C(CC7)C8=O)NCC(C)(O)CCCCC4(C)C2=O)c1. The number of hydrogen-bond acceptors (Lipinski definition) is 10. The van der Waals surface area contributed by atoms with Gasteiger partial charge in [0.15, 0.2) is 5.78 Å². The largest absolute Gasteiger partial charge is 0.508 e. The number of ether oxygens (including phenoxy) is 1. The Balaban J connectivity index is 0.974. The Bertz CT molecular complexity index is 2700. The van der Waals surface area contributed by atoms with Crippen LogP contribution < -0.4 is 16.4 Å². The Kier molecular flexibility index (Phi) is 14.2. The molecule has 2 aliphatic heterocycles. The number of phenols is 1. The van der Waals surface area contributed by atoms with Crippen molar-refractivity contribution in [1.82, 2.24) is 10.6 Å². The standard InChI is InChI=1S/C69H99N3O7/c1-64(78)27-9-10-28-65(2)61-56(72-39-64)36-69-46-22-21-42-20-19-40(38-73)31-50(42)51(34-57(75)63-67(4,79-63)53-18-12-17-49(53)43-13-11-16-47(70)32-43)59-54(66(69,3)55(24-23-46)60(59)76)25-26-58(69)68(61,45-14-7-6-8-15-45)35-52(62(65)77)44-29-41(37-71-5)30-48(74)33-44/h11,13,16,29-30,32-33,40,42,45-46,49-53,55-58,61,63,71-75,78H,6-10,12,14-15,17-28,31,34-39,70H2,1-5H3. The summed E-state index contributed by atoms with van der Waals surface area (Å²) in [6.45, 7) is 10.5. The van der Waals surface area contributed by atoms with Crippen LogP contribution in [0.15, 0.2) is 53.6 Å². The van der Waals surface area contributed by atoms with Crippen LogP contribution in [0.25, 0.3) is 0 Å². The molecule has 5 bridgehead atoms. The molecule has 2 heterocycles. The summed E-state index contributed by atoms with van der Waals surface area (Å²) in [6.07, 6.45) is 22.6. The number of nitrogens with two attached hydrogens (primary N) is 1. The van der Waals surface area contributed by atoms with Crippen molar-refractivity contribution in [3.8, 4) is 5.75 Å². The molecule has 7 saturated carbocycles. The van der Waals surface area contributed by atoms with Gasteiger partial charge in [-0.15, -0.1) is 0 Å². The summed E-state index contributed by atoms with van der Waals surface area (Å²) < 4.78 is 6.88.